The summed E-state index contributed by atoms with van der Waals surface area (Å²) in [6.07, 6.45) is 1.11. The second-order valence-electron chi connectivity index (χ2n) is 4.41. The molecule has 1 aliphatic heterocycles. The molecule has 1 rings (SSSR count). The summed E-state index contributed by atoms with van der Waals surface area (Å²) in [5.41, 5.74) is 0. The van der Waals surface area contributed by atoms with Crippen LogP contribution in [0.15, 0.2) is 0 Å². The molecule has 0 spiro atoms. The molecule has 0 amide bonds. The zero-order valence-electron chi connectivity index (χ0n) is 9.31. The highest BCUT2D eigenvalue weighted by molar-refractivity contribution is 4.84. The molecule has 0 saturated carbocycles. The molecule has 0 radical (unpaired) electrons. The van der Waals surface area contributed by atoms with Gasteiger partial charge in [0.15, 0.2) is 0 Å². The van der Waals surface area contributed by atoms with Crippen LogP contribution in [0.5, 0.6) is 0 Å². The van der Waals surface area contributed by atoms with E-state index < -0.39 is 6.10 Å². The lowest BCUT2D eigenvalue weighted by atomic mass is 9.80. The fraction of sp³-hybridized carbons (Fsp3) is 1.00. The monoisotopic (exact) mass is 202 g/mol. The Labute approximate surface area is 86.1 Å². The van der Waals surface area contributed by atoms with Crippen LogP contribution in [0.1, 0.15) is 33.6 Å². The van der Waals surface area contributed by atoms with Gasteiger partial charge >= 0.3 is 0 Å². The SMILES string of the molecule is CC[C@@H](C)C1CC(O)C(CO)OC1C. The smallest absolute Gasteiger partial charge is 0.107 e. The zero-order chi connectivity index (χ0) is 10.7. The van der Waals surface area contributed by atoms with E-state index in [9.17, 15) is 5.11 Å². The summed E-state index contributed by atoms with van der Waals surface area (Å²) in [5, 5.41) is 18.7. The zero-order valence-corrected chi connectivity index (χ0v) is 9.31. The second-order valence-corrected chi connectivity index (χ2v) is 4.41. The van der Waals surface area contributed by atoms with Gasteiger partial charge in [-0.1, -0.05) is 20.3 Å². The Morgan fingerprint density at radius 3 is 2.64 bits per heavy atom. The highest BCUT2D eigenvalue weighted by Gasteiger charge is 2.36. The van der Waals surface area contributed by atoms with Crippen LogP contribution in [0.25, 0.3) is 0 Å². The summed E-state index contributed by atoms with van der Waals surface area (Å²) in [7, 11) is 0. The van der Waals surface area contributed by atoms with E-state index in [1.807, 2.05) is 6.92 Å². The molecule has 3 heteroatoms. The van der Waals surface area contributed by atoms with E-state index in [4.69, 9.17) is 9.84 Å². The third-order valence-corrected chi connectivity index (χ3v) is 3.49. The fourth-order valence-electron chi connectivity index (χ4n) is 2.25. The summed E-state index contributed by atoms with van der Waals surface area (Å²) in [6, 6.07) is 0. The molecule has 5 atom stereocenters. The quantitative estimate of drug-likeness (QED) is 0.722. The largest absolute Gasteiger partial charge is 0.394 e. The average molecular weight is 202 g/mol. The average Bonchev–Trinajstić information content (AvgIpc) is 2.19. The molecule has 0 aromatic rings. The minimum Gasteiger partial charge on any atom is -0.394 e. The molecule has 1 saturated heterocycles. The normalized spacial score (nSPS) is 40.9. The lowest BCUT2D eigenvalue weighted by Crippen LogP contribution is -2.46. The standard InChI is InChI=1S/C11H22O3/c1-4-7(2)9-5-10(13)11(6-12)14-8(9)3/h7-13H,4-6H2,1-3H3/t7-,8?,9?,10?,11?/m1/s1. The van der Waals surface area contributed by atoms with Crippen molar-refractivity contribution in [2.24, 2.45) is 11.8 Å². The fourth-order valence-corrected chi connectivity index (χ4v) is 2.25. The molecular formula is C11H22O3. The van der Waals surface area contributed by atoms with Crippen LogP contribution in [-0.4, -0.2) is 35.1 Å². The van der Waals surface area contributed by atoms with Crippen LogP contribution in [0.2, 0.25) is 0 Å². The van der Waals surface area contributed by atoms with Crippen molar-refractivity contribution in [2.45, 2.75) is 51.9 Å². The van der Waals surface area contributed by atoms with Gasteiger partial charge in [0.25, 0.3) is 0 Å². The van der Waals surface area contributed by atoms with Gasteiger partial charge in [0.05, 0.1) is 18.8 Å². The molecule has 0 aromatic carbocycles. The topological polar surface area (TPSA) is 49.7 Å². The third kappa shape index (κ3) is 2.47. The number of ether oxygens (including phenoxy) is 1. The Balaban J connectivity index is 2.57. The van der Waals surface area contributed by atoms with E-state index in [-0.39, 0.29) is 18.8 Å². The van der Waals surface area contributed by atoms with Gasteiger partial charge in [-0.05, 0) is 25.2 Å². The first-order valence-electron chi connectivity index (χ1n) is 5.54. The highest BCUT2D eigenvalue weighted by atomic mass is 16.5. The lowest BCUT2D eigenvalue weighted by Gasteiger charge is -2.40. The Hall–Kier alpha value is -0.120. The number of hydrogen-bond donors (Lipinski definition) is 2. The summed E-state index contributed by atoms with van der Waals surface area (Å²) in [5.74, 6) is 0.983. The minimum atomic E-state index is -0.504. The van der Waals surface area contributed by atoms with Crippen LogP contribution in [0.3, 0.4) is 0 Å². The molecule has 4 unspecified atom stereocenters. The molecular weight excluding hydrogens is 180 g/mol. The Morgan fingerprint density at radius 1 is 1.50 bits per heavy atom. The van der Waals surface area contributed by atoms with E-state index in [0.717, 1.165) is 12.8 Å². The summed E-state index contributed by atoms with van der Waals surface area (Å²) < 4.78 is 5.58. The second kappa shape index (κ2) is 5.10. The van der Waals surface area contributed by atoms with Gasteiger partial charge in [0.1, 0.15) is 6.10 Å². The van der Waals surface area contributed by atoms with Crippen LogP contribution < -0.4 is 0 Å². The number of aliphatic hydroxyl groups is 2. The maximum atomic E-state index is 9.72. The van der Waals surface area contributed by atoms with Crippen molar-refractivity contribution in [1.82, 2.24) is 0 Å². The first kappa shape index (κ1) is 12.0. The van der Waals surface area contributed by atoms with Crippen LogP contribution in [0, 0.1) is 11.8 Å². The van der Waals surface area contributed by atoms with E-state index in [2.05, 4.69) is 13.8 Å². The molecule has 0 aromatic heterocycles. The van der Waals surface area contributed by atoms with Crippen molar-refractivity contribution in [3.8, 4) is 0 Å². The van der Waals surface area contributed by atoms with Crippen molar-refractivity contribution in [3.63, 3.8) is 0 Å². The lowest BCUT2D eigenvalue weighted by molar-refractivity contribution is -0.161. The maximum Gasteiger partial charge on any atom is 0.107 e. The van der Waals surface area contributed by atoms with Crippen molar-refractivity contribution in [1.29, 1.82) is 0 Å². The first-order chi connectivity index (χ1) is 6.60. The van der Waals surface area contributed by atoms with Gasteiger partial charge in [0.2, 0.25) is 0 Å². The van der Waals surface area contributed by atoms with Gasteiger partial charge in [0, 0.05) is 0 Å². The number of rotatable bonds is 3. The Kier molecular flexibility index (Phi) is 4.35. The van der Waals surface area contributed by atoms with Gasteiger partial charge in [-0.3, -0.25) is 0 Å². The minimum absolute atomic E-state index is 0.0846. The van der Waals surface area contributed by atoms with Crippen molar-refractivity contribution < 1.29 is 14.9 Å². The molecule has 1 fully saturated rings. The highest BCUT2D eigenvalue weighted by Crippen LogP contribution is 2.32. The molecule has 14 heavy (non-hydrogen) atoms. The van der Waals surface area contributed by atoms with Crippen LogP contribution >= 0.6 is 0 Å². The first-order valence-corrected chi connectivity index (χ1v) is 5.54. The van der Waals surface area contributed by atoms with Gasteiger partial charge in [-0.25, -0.2) is 0 Å². The van der Waals surface area contributed by atoms with E-state index >= 15 is 0 Å². The predicted molar refractivity (Wildman–Crippen MR) is 55.0 cm³/mol. The van der Waals surface area contributed by atoms with E-state index in [1.165, 1.54) is 0 Å². The Bertz CT molecular complexity index is 172. The van der Waals surface area contributed by atoms with Gasteiger partial charge in [-0.15, -0.1) is 0 Å². The van der Waals surface area contributed by atoms with Crippen LogP contribution in [-0.2, 0) is 4.74 Å². The van der Waals surface area contributed by atoms with E-state index in [0.29, 0.717) is 11.8 Å². The van der Waals surface area contributed by atoms with Crippen LogP contribution in [0.4, 0.5) is 0 Å². The molecule has 1 aliphatic rings. The Morgan fingerprint density at radius 2 is 2.14 bits per heavy atom. The van der Waals surface area contributed by atoms with Crippen molar-refractivity contribution >= 4 is 0 Å². The molecule has 1 heterocycles. The van der Waals surface area contributed by atoms with Gasteiger partial charge in [-0.2, -0.15) is 0 Å². The van der Waals surface area contributed by atoms with Crippen molar-refractivity contribution in [3.05, 3.63) is 0 Å². The molecule has 2 N–H and O–H groups in total. The third-order valence-electron chi connectivity index (χ3n) is 3.49. The van der Waals surface area contributed by atoms with E-state index in [1.54, 1.807) is 0 Å². The number of aliphatic hydroxyl groups excluding tert-OH is 2. The molecule has 0 aliphatic carbocycles. The van der Waals surface area contributed by atoms with Crippen molar-refractivity contribution in [2.75, 3.05) is 6.61 Å². The molecule has 0 bridgehead atoms. The van der Waals surface area contributed by atoms with Gasteiger partial charge < -0.3 is 14.9 Å². The molecule has 3 nitrogen and oxygen atoms in total. The maximum absolute atomic E-state index is 9.72. The molecule has 84 valence electrons. The summed E-state index contributed by atoms with van der Waals surface area (Å²) >= 11 is 0. The summed E-state index contributed by atoms with van der Waals surface area (Å²) in [4.78, 5) is 0. The number of hydrogen-bond acceptors (Lipinski definition) is 3. The predicted octanol–water partition coefficient (Wildman–Crippen LogP) is 1.18. The summed E-state index contributed by atoms with van der Waals surface area (Å²) in [6.45, 7) is 6.29.